The predicted molar refractivity (Wildman–Crippen MR) is 181 cm³/mol. The van der Waals surface area contributed by atoms with Gasteiger partial charge in [-0.15, -0.1) is 11.3 Å². The van der Waals surface area contributed by atoms with Crippen molar-refractivity contribution in [1.29, 1.82) is 0 Å². The van der Waals surface area contributed by atoms with Crippen LogP contribution in [0.4, 0.5) is 5.69 Å². The summed E-state index contributed by atoms with van der Waals surface area (Å²) in [6.45, 7) is 13.6. The Morgan fingerprint density at radius 1 is 1.00 bits per heavy atom. The highest BCUT2D eigenvalue weighted by molar-refractivity contribution is 8.03. The Labute approximate surface area is 258 Å². The van der Waals surface area contributed by atoms with Gasteiger partial charge in [0.25, 0.3) is 10.6 Å². The molecule has 5 nitrogen and oxygen atoms in total. The van der Waals surface area contributed by atoms with Gasteiger partial charge in [0.2, 0.25) is 5.52 Å². The van der Waals surface area contributed by atoms with Crippen LogP contribution in [0, 0.1) is 6.92 Å². The van der Waals surface area contributed by atoms with E-state index in [2.05, 4.69) is 90.9 Å². The number of hydrogen-bond acceptors (Lipinski definition) is 6. The molecule has 0 unspecified atom stereocenters. The molecule has 8 heteroatoms. The number of nitrogens with zero attached hydrogens (tertiary/aromatic N) is 3. The lowest BCUT2D eigenvalue weighted by molar-refractivity contribution is -0.665. The summed E-state index contributed by atoms with van der Waals surface area (Å²) in [5.74, 6) is 0.936. The molecule has 0 saturated heterocycles. The van der Waals surface area contributed by atoms with E-state index in [1.54, 1.807) is 34.4 Å². The molecule has 6 rings (SSSR count). The van der Waals surface area contributed by atoms with E-state index in [4.69, 9.17) is 4.74 Å². The fourth-order valence-corrected chi connectivity index (χ4v) is 9.18. The lowest BCUT2D eigenvalue weighted by Crippen LogP contribution is -2.35. The SMILES string of the molecule is CCCN1C(=CC=c2sc(=Cc3sc4c5ccccc5ccc4[n+]3CC)n(CC)c2=O)Sc2cc(C)c(OCC)cc21. The normalized spacial score (nSPS) is 15.1. The van der Waals surface area contributed by atoms with E-state index in [-0.39, 0.29) is 5.56 Å². The summed E-state index contributed by atoms with van der Waals surface area (Å²) in [6.07, 6.45) is 7.35. The molecule has 0 atom stereocenters. The van der Waals surface area contributed by atoms with Gasteiger partial charge in [-0.2, -0.15) is 4.57 Å². The number of anilines is 1. The second-order valence-corrected chi connectivity index (χ2v) is 13.4. The van der Waals surface area contributed by atoms with Gasteiger partial charge in [-0.1, -0.05) is 54.3 Å². The molecule has 1 aliphatic heterocycles. The third-order valence-electron chi connectivity index (χ3n) is 7.59. The van der Waals surface area contributed by atoms with Crippen molar-refractivity contribution in [3.05, 3.63) is 89.8 Å². The van der Waals surface area contributed by atoms with Gasteiger partial charge in [-0.25, -0.2) is 0 Å². The van der Waals surface area contributed by atoms with Crippen LogP contribution < -0.4 is 29.0 Å². The number of hydrogen-bond donors (Lipinski definition) is 0. The Morgan fingerprint density at radius 3 is 2.60 bits per heavy atom. The van der Waals surface area contributed by atoms with Gasteiger partial charge in [0, 0.05) is 35.5 Å². The Bertz CT molecular complexity index is 2020. The Balaban J connectivity index is 1.44. The van der Waals surface area contributed by atoms with Crippen LogP contribution in [0.1, 0.15) is 44.7 Å². The third kappa shape index (κ3) is 5.10. The summed E-state index contributed by atoms with van der Waals surface area (Å²) in [4.78, 5) is 17.1. The van der Waals surface area contributed by atoms with Crippen LogP contribution in [0.3, 0.4) is 0 Å². The molecule has 0 radical (unpaired) electrons. The zero-order valence-corrected chi connectivity index (χ0v) is 27.2. The van der Waals surface area contributed by atoms with Gasteiger partial charge in [0.15, 0.2) is 0 Å². The number of rotatable bonds is 8. The molecule has 42 heavy (non-hydrogen) atoms. The molecular weight excluding hydrogens is 579 g/mol. The van der Waals surface area contributed by atoms with E-state index in [0.717, 1.165) is 50.1 Å². The first-order valence-corrected chi connectivity index (χ1v) is 17.1. The van der Waals surface area contributed by atoms with Gasteiger partial charge in [0.05, 0.1) is 27.9 Å². The minimum absolute atomic E-state index is 0.0669. The van der Waals surface area contributed by atoms with Crippen LogP contribution >= 0.6 is 34.4 Å². The van der Waals surface area contributed by atoms with Gasteiger partial charge < -0.3 is 9.64 Å². The molecule has 216 valence electrons. The average Bonchev–Trinajstić information content (AvgIpc) is 3.62. The first-order valence-electron chi connectivity index (χ1n) is 14.7. The first-order chi connectivity index (χ1) is 20.5. The topological polar surface area (TPSA) is 38.4 Å². The van der Waals surface area contributed by atoms with Gasteiger partial charge in [-0.3, -0.25) is 9.36 Å². The second-order valence-electron chi connectivity index (χ2n) is 10.3. The van der Waals surface area contributed by atoms with Crippen LogP contribution in [0.2, 0.25) is 0 Å². The highest BCUT2D eigenvalue weighted by Gasteiger charge is 2.26. The Morgan fingerprint density at radius 2 is 1.83 bits per heavy atom. The van der Waals surface area contributed by atoms with Crippen LogP contribution in [0.25, 0.3) is 33.1 Å². The minimum atomic E-state index is 0.0669. The van der Waals surface area contributed by atoms with Crippen molar-refractivity contribution in [2.45, 2.75) is 59.0 Å². The van der Waals surface area contributed by atoms with Gasteiger partial charge in [-0.05, 0) is 69.4 Å². The van der Waals surface area contributed by atoms with E-state index in [0.29, 0.717) is 13.2 Å². The molecule has 5 aromatic rings. The summed E-state index contributed by atoms with van der Waals surface area (Å²) < 4.78 is 13.2. The summed E-state index contributed by atoms with van der Waals surface area (Å²) in [6, 6.07) is 17.4. The fraction of sp³-hybridized carbons (Fsp3) is 0.294. The van der Waals surface area contributed by atoms with Crippen molar-refractivity contribution in [3.63, 3.8) is 0 Å². The van der Waals surface area contributed by atoms with Crippen LogP contribution in [0.5, 0.6) is 5.75 Å². The van der Waals surface area contributed by atoms with E-state index in [9.17, 15) is 4.79 Å². The maximum absolute atomic E-state index is 13.6. The standard InChI is InChI=1S/C34H36N3O2S3/c1-6-18-37-26-20-27(39-9-4)22(5)19-29(26)41-30(37)17-16-28-34(38)36(8-3)32(40-28)21-31-35(7-2)25-15-14-23-12-10-11-13-24(23)33(25)42-31/h10-17,19-21H,6-9,18H2,1-5H3/q+1. The molecule has 0 bridgehead atoms. The number of benzene rings is 3. The molecular formula is C34H36N3O2S3+. The highest BCUT2D eigenvalue weighted by atomic mass is 32.2. The quantitative estimate of drug-likeness (QED) is 0.181. The predicted octanol–water partition coefficient (Wildman–Crippen LogP) is 6.79. The minimum Gasteiger partial charge on any atom is -0.494 e. The fourth-order valence-electron chi connectivity index (χ4n) is 5.59. The van der Waals surface area contributed by atoms with E-state index in [1.807, 2.05) is 24.5 Å². The molecule has 2 aromatic heterocycles. The number of thiazole rings is 2. The van der Waals surface area contributed by atoms with Gasteiger partial charge >= 0.3 is 0 Å². The monoisotopic (exact) mass is 614 g/mol. The summed E-state index contributed by atoms with van der Waals surface area (Å²) in [5.41, 5.74) is 3.63. The zero-order valence-electron chi connectivity index (χ0n) is 24.8. The molecule has 0 saturated carbocycles. The number of ether oxygens (including phenoxy) is 1. The van der Waals surface area contributed by atoms with Crippen molar-refractivity contribution < 1.29 is 9.30 Å². The summed E-state index contributed by atoms with van der Waals surface area (Å²) >= 11 is 5.14. The van der Waals surface area contributed by atoms with Gasteiger partial charge in [0.1, 0.15) is 21.7 Å². The number of thioether (sulfide) groups is 1. The van der Waals surface area contributed by atoms with E-state index in [1.165, 1.54) is 31.6 Å². The lowest BCUT2D eigenvalue weighted by atomic mass is 10.1. The molecule has 0 aliphatic carbocycles. The second kappa shape index (κ2) is 12.1. The molecule has 1 aliphatic rings. The van der Waals surface area contributed by atoms with E-state index < -0.39 is 0 Å². The Kier molecular flexibility index (Phi) is 8.30. The van der Waals surface area contributed by atoms with Crippen molar-refractivity contribution >= 4 is 73.3 Å². The summed E-state index contributed by atoms with van der Waals surface area (Å²) in [5, 5.41) is 4.83. The maximum Gasteiger partial charge on any atom is 0.269 e. The van der Waals surface area contributed by atoms with Crippen molar-refractivity contribution in [2.24, 2.45) is 0 Å². The molecule has 0 amide bonds. The third-order valence-corrected chi connectivity index (χ3v) is 11.0. The molecule has 3 heterocycles. The van der Waals surface area contributed by atoms with Crippen LogP contribution in [-0.4, -0.2) is 17.7 Å². The molecule has 0 N–H and O–H groups in total. The average molecular weight is 615 g/mol. The van der Waals surface area contributed by atoms with Crippen molar-refractivity contribution in [1.82, 2.24) is 4.57 Å². The highest BCUT2D eigenvalue weighted by Crippen LogP contribution is 2.48. The van der Waals surface area contributed by atoms with Crippen molar-refractivity contribution in [2.75, 3.05) is 18.1 Å². The molecule has 0 spiro atoms. The smallest absolute Gasteiger partial charge is 0.269 e. The number of fused-ring (bicyclic) bond motifs is 4. The summed E-state index contributed by atoms with van der Waals surface area (Å²) in [7, 11) is 0. The zero-order chi connectivity index (χ0) is 29.4. The number of allylic oxidation sites excluding steroid dienone is 1. The van der Waals surface area contributed by atoms with E-state index >= 15 is 0 Å². The first kappa shape index (κ1) is 28.8. The number of aryl methyl sites for hydroxylation is 2. The largest absolute Gasteiger partial charge is 0.494 e. The lowest BCUT2D eigenvalue weighted by Gasteiger charge is -2.20. The Hall–Kier alpha value is -3.33. The maximum atomic E-state index is 13.6. The number of aromatic nitrogens is 2. The molecule has 0 fully saturated rings. The van der Waals surface area contributed by atoms with Crippen LogP contribution in [-0.2, 0) is 13.1 Å². The van der Waals surface area contributed by atoms with Crippen LogP contribution in [0.15, 0.2) is 69.3 Å². The van der Waals surface area contributed by atoms with Crippen molar-refractivity contribution in [3.8, 4) is 5.75 Å². The molecule has 3 aromatic carbocycles.